The summed E-state index contributed by atoms with van der Waals surface area (Å²) in [5.74, 6) is 5.27. The Labute approximate surface area is 115 Å². The van der Waals surface area contributed by atoms with Gasteiger partial charge in [0.2, 0.25) is 0 Å². The van der Waals surface area contributed by atoms with E-state index in [0.717, 1.165) is 5.69 Å². The zero-order valence-electron chi connectivity index (χ0n) is 10.1. The van der Waals surface area contributed by atoms with Crippen LogP contribution in [-0.2, 0) is 0 Å². The first-order valence-electron chi connectivity index (χ1n) is 5.46. The lowest BCUT2D eigenvalue weighted by Gasteiger charge is -2.07. The summed E-state index contributed by atoms with van der Waals surface area (Å²) in [5.41, 5.74) is 4.19. The lowest BCUT2D eigenvalue weighted by Crippen LogP contribution is -2.14. The molecule has 0 fully saturated rings. The van der Waals surface area contributed by atoms with Gasteiger partial charge in [0.15, 0.2) is 0 Å². The summed E-state index contributed by atoms with van der Waals surface area (Å²) in [6.45, 7) is 1.84. The lowest BCUT2D eigenvalue weighted by atomic mass is 10.2. The molecule has 2 aromatic heterocycles. The summed E-state index contributed by atoms with van der Waals surface area (Å²) in [4.78, 5) is 20.0. The van der Waals surface area contributed by atoms with Gasteiger partial charge >= 0.3 is 0 Å². The van der Waals surface area contributed by atoms with Crippen molar-refractivity contribution >= 4 is 29.0 Å². The van der Waals surface area contributed by atoms with Crippen LogP contribution in [0.4, 0.5) is 11.5 Å². The second kappa shape index (κ2) is 5.64. The monoisotopic (exact) mass is 277 g/mol. The van der Waals surface area contributed by atoms with Crippen LogP contribution in [0.1, 0.15) is 16.1 Å². The summed E-state index contributed by atoms with van der Waals surface area (Å²) in [5, 5.41) is 2.93. The van der Waals surface area contributed by atoms with Gasteiger partial charge in [-0.25, -0.2) is 10.8 Å². The first-order chi connectivity index (χ1) is 9.08. The minimum atomic E-state index is -0.300. The SMILES string of the molecule is Cc1cc(NC(=O)c2cc(Cl)nc(NN)c2)ccn1. The van der Waals surface area contributed by atoms with Gasteiger partial charge in [0.05, 0.1) is 0 Å². The first-order valence-corrected chi connectivity index (χ1v) is 5.84. The van der Waals surface area contributed by atoms with Gasteiger partial charge < -0.3 is 10.7 Å². The van der Waals surface area contributed by atoms with Crippen molar-refractivity contribution in [3.8, 4) is 0 Å². The fraction of sp³-hybridized carbons (Fsp3) is 0.0833. The molecule has 0 aliphatic rings. The van der Waals surface area contributed by atoms with Crippen LogP contribution in [0.2, 0.25) is 5.15 Å². The lowest BCUT2D eigenvalue weighted by molar-refractivity contribution is 0.102. The van der Waals surface area contributed by atoms with Gasteiger partial charge in [0, 0.05) is 23.1 Å². The number of halogens is 1. The quantitative estimate of drug-likeness (QED) is 0.453. The number of carbonyl (C=O) groups excluding carboxylic acids is 1. The van der Waals surface area contributed by atoms with E-state index in [1.54, 1.807) is 18.3 Å². The number of carbonyl (C=O) groups is 1. The Morgan fingerprint density at radius 3 is 2.84 bits per heavy atom. The molecule has 1 amide bonds. The first kappa shape index (κ1) is 13.3. The zero-order valence-corrected chi connectivity index (χ0v) is 10.9. The van der Waals surface area contributed by atoms with Crippen molar-refractivity contribution in [2.45, 2.75) is 6.92 Å². The molecule has 98 valence electrons. The molecule has 0 saturated heterocycles. The summed E-state index contributed by atoms with van der Waals surface area (Å²) >= 11 is 5.80. The normalized spacial score (nSPS) is 10.1. The van der Waals surface area contributed by atoms with Crippen molar-refractivity contribution in [2.24, 2.45) is 5.84 Å². The fourth-order valence-corrected chi connectivity index (χ4v) is 1.74. The maximum Gasteiger partial charge on any atom is 0.255 e. The Hall–Kier alpha value is -2.18. The van der Waals surface area contributed by atoms with Crippen LogP contribution in [0.3, 0.4) is 0 Å². The topological polar surface area (TPSA) is 92.9 Å². The standard InChI is InChI=1S/C12H12ClN5O/c1-7-4-9(2-3-15-7)16-12(19)8-5-10(13)17-11(6-8)18-14/h2-6H,14H2,1H3,(H,17,18)(H,15,16,19). The average molecular weight is 278 g/mol. The van der Waals surface area contributed by atoms with Crippen molar-refractivity contribution in [3.63, 3.8) is 0 Å². The van der Waals surface area contributed by atoms with Crippen molar-refractivity contribution < 1.29 is 4.79 Å². The number of aryl methyl sites for hydroxylation is 1. The second-order valence-electron chi connectivity index (χ2n) is 3.85. The maximum absolute atomic E-state index is 12.1. The molecular weight excluding hydrogens is 266 g/mol. The Bertz CT molecular complexity index is 617. The molecule has 4 N–H and O–H groups in total. The number of amides is 1. The predicted molar refractivity (Wildman–Crippen MR) is 74.0 cm³/mol. The van der Waals surface area contributed by atoms with Crippen molar-refractivity contribution in [1.82, 2.24) is 9.97 Å². The third kappa shape index (κ3) is 3.40. The van der Waals surface area contributed by atoms with Crippen molar-refractivity contribution in [3.05, 3.63) is 46.9 Å². The third-order valence-electron chi connectivity index (χ3n) is 2.36. The molecule has 19 heavy (non-hydrogen) atoms. The van der Waals surface area contributed by atoms with Gasteiger partial charge in [-0.1, -0.05) is 11.6 Å². The van der Waals surface area contributed by atoms with Crippen LogP contribution < -0.4 is 16.6 Å². The van der Waals surface area contributed by atoms with Crippen LogP contribution in [0.5, 0.6) is 0 Å². The Morgan fingerprint density at radius 1 is 1.37 bits per heavy atom. The Balaban J connectivity index is 2.22. The number of pyridine rings is 2. The highest BCUT2D eigenvalue weighted by Crippen LogP contribution is 2.16. The molecule has 0 aliphatic carbocycles. The number of hydrazine groups is 1. The minimum absolute atomic E-state index is 0.187. The second-order valence-corrected chi connectivity index (χ2v) is 4.24. The van der Waals surface area contributed by atoms with Crippen molar-refractivity contribution in [1.29, 1.82) is 0 Å². The van der Waals surface area contributed by atoms with Gasteiger partial charge in [0.1, 0.15) is 11.0 Å². The molecule has 0 aliphatic heterocycles. The molecular formula is C12H12ClN5O. The number of hydrogen-bond donors (Lipinski definition) is 3. The Kier molecular flexibility index (Phi) is 3.94. The van der Waals surface area contributed by atoms with Crippen LogP contribution in [-0.4, -0.2) is 15.9 Å². The smallest absolute Gasteiger partial charge is 0.255 e. The maximum atomic E-state index is 12.1. The van der Waals surface area contributed by atoms with E-state index in [1.165, 1.54) is 12.1 Å². The fourth-order valence-electron chi connectivity index (χ4n) is 1.53. The number of rotatable bonds is 3. The summed E-state index contributed by atoms with van der Waals surface area (Å²) in [6.07, 6.45) is 1.62. The van der Waals surface area contributed by atoms with E-state index in [4.69, 9.17) is 17.4 Å². The molecule has 0 spiro atoms. The van der Waals surface area contributed by atoms with E-state index in [2.05, 4.69) is 20.7 Å². The van der Waals surface area contributed by atoms with E-state index in [9.17, 15) is 4.79 Å². The van der Waals surface area contributed by atoms with Gasteiger partial charge in [-0.15, -0.1) is 0 Å². The van der Waals surface area contributed by atoms with Gasteiger partial charge in [-0.3, -0.25) is 9.78 Å². The molecule has 0 saturated carbocycles. The molecule has 2 rings (SSSR count). The number of aromatic nitrogens is 2. The molecule has 2 heterocycles. The van der Waals surface area contributed by atoms with Crippen LogP contribution in [0.15, 0.2) is 30.5 Å². The molecule has 0 radical (unpaired) electrons. The highest BCUT2D eigenvalue weighted by Gasteiger charge is 2.09. The number of hydrogen-bond acceptors (Lipinski definition) is 5. The highest BCUT2D eigenvalue weighted by molar-refractivity contribution is 6.30. The highest BCUT2D eigenvalue weighted by atomic mass is 35.5. The number of nitrogen functional groups attached to an aromatic ring is 1. The molecule has 0 unspecified atom stereocenters. The molecule has 0 bridgehead atoms. The number of nitrogens with zero attached hydrogens (tertiary/aromatic N) is 2. The molecule has 0 aromatic carbocycles. The predicted octanol–water partition coefficient (Wildman–Crippen LogP) is 1.98. The van der Waals surface area contributed by atoms with Crippen molar-refractivity contribution in [2.75, 3.05) is 10.7 Å². The third-order valence-corrected chi connectivity index (χ3v) is 2.55. The molecule has 2 aromatic rings. The van der Waals surface area contributed by atoms with Gasteiger partial charge in [-0.05, 0) is 31.2 Å². The van der Waals surface area contributed by atoms with Crippen LogP contribution in [0, 0.1) is 6.92 Å². The van der Waals surface area contributed by atoms with E-state index in [-0.39, 0.29) is 11.1 Å². The van der Waals surface area contributed by atoms with E-state index in [1.807, 2.05) is 6.92 Å². The minimum Gasteiger partial charge on any atom is -0.322 e. The summed E-state index contributed by atoms with van der Waals surface area (Å²) in [7, 11) is 0. The zero-order chi connectivity index (χ0) is 13.8. The van der Waals surface area contributed by atoms with E-state index in [0.29, 0.717) is 17.1 Å². The van der Waals surface area contributed by atoms with Gasteiger partial charge in [0.25, 0.3) is 5.91 Å². The molecule has 0 atom stereocenters. The summed E-state index contributed by atoms with van der Waals surface area (Å²) in [6, 6.07) is 6.44. The Morgan fingerprint density at radius 2 is 2.16 bits per heavy atom. The van der Waals surface area contributed by atoms with E-state index < -0.39 is 0 Å². The van der Waals surface area contributed by atoms with Crippen LogP contribution >= 0.6 is 11.6 Å². The molecule has 7 heteroatoms. The number of nitrogens with one attached hydrogen (secondary N) is 2. The number of anilines is 2. The van der Waals surface area contributed by atoms with E-state index >= 15 is 0 Å². The number of nitrogens with two attached hydrogens (primary N) is 1. The largest absolute Gasteiger partial charge is 0.322 e. The van der Waals surface area contributed by atoms with Crippen LogP contribution in [0.25, 0.3) is 0 Å². The summed E-state index contributed by atoms with van der Waals surface area (Å²) < 4.78 is 0. The van der Waals surface area contributed by atoms with Gasteiger partial charge in [-0.2, -0.15) is 0 Å². The molecule has 6 nitrogen and oxygen atoms in total. The average Bonchev–Trinajstić information content (AvgIpc) is 2.38.